The van der Waals surface area contributed by atoms with E-state index in [9.17, 15) is 0 Å². The van der Waals surface area contributed by atoms with Gasteiger partial charge in [-0.1, -0.05) is 12.1 Å². The number of hydrogen-bond acceptors (Lipinski definition) is 3. The number of nitrogens with zero attached hydrogens (tertiary/aromatic N) is 3. The number of aromatic nitrogens is 4. The second-order valence-corrected chi connectivity index (χ2v) is 5.46. The molecule has 0 aliphatic heterocycles. The zero-order valence-electron chi connectivity index (χ0n) is 13.0. The van der Waals surface area contributed by atoms with Crippen LogP contribution < -0.4 is 5.32 Å². The highest BCUT2D eigenvalue weighted by molar-refractivity contribution is 5.33. The Kier molecular flexibility index (Phi) is 4.34. The van der Waals surface area contributed by atoms with Gasteiger partial charge in [-0.25, -0.2) is 4.68 Å². The van der Waals surface area contributed by atoms with E-state index in [1.165, 1.54) is 11.1 Å². The Balaban J connectivity index is 1.50. The van der Waals surface area contributed by atoms with E-state index in [0.717, 1.165) is 36.6 Å². The van der Waals surface area contributed by atoms with Crippen molar-refractivity contribution in [2.45, 2.75) is 26.8 Å². The van der Waals surface area contributed by atoms with Crippen LogP contribution in [0, 0.1) is 13.8 Å². The largest absolute Gasteiger partial charge is 0.312 e. The Bertz CT molecular complexity index is 691. The van der Waals surface area contributed by atoms with E-state index >= 15 is 0 Å². The van der Waals surface area contributed by atoms with Crippen LogP contribution in [0.5, 0.6) is 0 Å². The molecule has 22 heavy (non-hydrogen) atoms. The molecule has 0 saturated carbocycles. The summed E-state index contributed by atoms with van der Waals surface area (Å²) in [5.41, 5.74) is 5.91. The summed E-state index contributed by atoms with van der Waals surface area (Å²) in [5.74, 6) is 0. The Morgan fingerprint density at radius 2 is 2.00 bits per heavy atom. The summed E-state index contributed by atoms with van der Waals surface area (Å²) in [6.45, 7) is 5.91. The Morgan fingerprint density at radius 3 is 2.64 bits per heavy atom. The van der Waals surface area contributed by atoms with Crippen molar-refractivity contribution in [1.82, 2.24) is 25.3 Å². The maximum absolute atomic E-state index is 4.23. The van der Waals surface area contributed by atoms with Crippen LogP contribution in [0.25, 0.3) is 5.69 Å². The fourth-order valence-electron chi connectivity index (χ4n) is 2.52. The summed E-state index contributed by atoms with van der Waals surface area (Å²) in [4.78, 5) is 0. The van der Waals surface area contributed by atoms with Crippen LogP contribution in [-0.2, 0) is 13.0 Å². The molecular formula is C17H21N5. The van der Waals surface area contributed by atoms with Gasteiger partial charge in [0, 0.05) is 30.2 Å². The molecule has 0 spiro atoms. The fraction of sp³-hybridized carbons (Fsp3) is 0.294. The molecule has 0 radical (unpaired) electrons. The Hall–Kier alpha value is -2.40. The molecule has 0 bridgehead atoms. The molecule has 5 nitrogen and oxygen atoms in total. The molecule has 114 valence electrons. The number of aromatic amines is 1. The van der Waals surface area contributed by atoms with Crippen LogP contribution >= 0.6 is 0 Å². The topological polar surface area (TPSA) is 58.5 Å². The van der Waals surface area contributed by atoms with Gasteiger partial charge >= 0.3 is 0 Å². The minimum atomic E-state index is 0.861. The van der Waals surface area contributed by atoms with Crippen LogP contribution in [0.1, 0.15) is 22.5 Å². The molecule has 0 unspecified atom stereocenters. The summed E-state index contributed by atoms with van der Waals surface area (Å²) in [7, 11) is 0. The number of rotatable bonds is 6. The van der Waals surface area contributed by atoms with E-state index in [4.69, 9.17) is 0 Å². The molecule has 3 rings (SSSR count). The van der Waals surface area contributed by atoms with Crippen molar-refractivity contribution in [2.75, 3.05) is 6.54 Å². The minimum Gasteiger partial charge on any atom is -0.312 e. The lowest BCUT2D eigenvalue weighted by atomic mass is 10.1. The smallest absolute Gasteiger partial charge is 0.0645 e. The maximum Gasteiger partial charge on any atom is 0.0645 e. The molecule has 5 heteroatoms. The van der Waals surface area contributed by atoms with E-state index in [1.807, 2.05) is 23.9 Å². The van der Waals surface area contributed by atoms with Crippen molar-refractivity contribution in [3.05, 3.63) is 65.2 Å². The van der Waals surface area contributed by atoms with E-state index in [0.29, 0.717) is 0 Å². The molecule has 2 aromatic heterocycles. The molecule has 0 atom stereocenters. The molecule has 0 saturated heterocycles. The highest BCUT2D eigenvalue weighted by atomic mass is 15.3. The van der Waals surface area contributed by atoms with Gasteiger partial charge in [-0.2, -0.15) is 10.2 Å². The highest BCUT2D eigenvalue weighted by Gasteiger charge is 2.05. The number of H-pyrrole nitrogens is 1. The van der Waals surface area contributed by atoms with Crippen LogP contribution in [0.15, 0.2) is 42.7 Å². The zero-order chi connectivity index (χ0) is 15.4. The van der Waals surface area contributed by atoms with E-state index in [2.05, 4.69) is 51.8 Å². The number of aryl methyl sites for hydroxylation is 2. The fourth-order valence-corrected chi connectivity index (χ4v) is 2.52. The molecule has 0 aliphatic rings. The standard InChI is InChI=1S/C17H21N5/c1-13-17(14(2)21-20-13)12-18-10-8-15-4-6-16(7-5-15)22-11-3-9-19-22/h3-7,9,11,18H,8,10,12H2,1-2H3,(H,20,21). The van der Waals surface area contributed by atoms with Crippen LogP contribution in [0.4, 0.5) is 0 Å². The SMILES string of the molecule is Cc1n[nH]c(C)c1CNCCc1ccc(-n2cccn2)cc1. The van der Waals surface area contributed by atoms with Gasteiger partial charge in [-0.3, -0.25) is 5.10 Å². The highest BCUT2D eigenvalue weighted by Crippen LogP contribution is 2.10. The van der Waals surface area contributed by atoms with E-state index in [-0.39, 0.29) is 0 Å². The van der Waals surface area contributed by atoms with Gasteiger partial charge in [0.05, 0.1) is 11.4 Å². The van der Waals surface area contributed by atoms with Gasteiger partial charge in [-0.05, 0) is 50.6 Å². The van der Waals surface area contributed by atoms with Gasteiger partial charge < -0.3 is 5.32 Å². The normalized spacial score (nSPS) is 11.0. The second-order valence-electron chi connectivity index (χ2n) is 5.46. The monoisotopic (exact) mass is 295 g/mol. The number of nitrogens with one attached hydrogen (secondary N) is 2. The number of benzene rings is 1. The lowest BCUT2D eigenvalue weighted by molar-refractivity contribution is 0.682. The van der Waals surface area contributed by atoms with Crippen LogP contribution in [0.2, 0.25) is 0 Å². The summed E-state index contributed by atoms with van der Waals surface area (Å²) in [6.07, 6.45) is 4.75. The van der Waals surface area contributed by atoms with Crippen LogP contribution in [-0.4, -0.2) is 26.5 Å². The molecule has 3 aromatic rings. The first-order valence-corrected chi connectivity index (χ1v) is 7.54. The Labute approximate surface area is 130 Å². The summed E-state index contributed by atoms with van der Waals surface area (Å²) in [5, 5.41) is 14.9. The second kappa shape index (κ2) is 6.58. The molecular weight excluding hydrogens is 274 g/mol. The lowest BCUT2D eigenvalue weighted by Gasteiger charge is -2.07. The third kappa shape index (κ3) is 3.26. The minimum absolute atomic E-state index is 0.861. The lowest BCUT2D eigenvalue weighted by Crippen LogP contribution is -2.17. The third-order valence-corrected chi connectivity index (χ3v) is 3.88. The zero-order valence-corrected chi connectivity index (χ0v) is 13.0. The van der Waals surface area contributed by atoms with Crippen molar-refractivity contribution in [2.24, 2.45) is 0 Å². The molecule has 2 N–H and O–H groups in total. The first kappa shape index (κ1) is 14.5. The predicted octanol–water partition coefficient (Wildman–Crippen LogP) is 2.54. The number of hydrogen-bond donors (Lipinski definition) is 2. The maximum atomic E-state index is 4.23. The van der Waals surface area contributed by atoms with E-state index < -0.39 is 0 Å². The first-order valence-electron chi connectivity index (χ1n) is 7.54. The molecule has 0 amide bonds. The van der Waals surface area contributed by atoms with Crippen molar-refractivity contribution >= 4 is 0 Å². The summed E-state index contributed by atoms with van der Waals surface area (Å²) in [6, 6.07) is 10.5. The van der Waals surface area contributed by atoms with Gasteiger partial charge in [0.1, 0.15) is 0 Å². The molecule has 1 aromatic carbocycles. The van der Waals surface area contributed by atoms with Gasteiger partial charge in [0.2, 0.25) is 0 Å². The average molecular weight is 295 g/mol. The van der Waals surface area contributed by atoms with Crippen molar-refractivity contribution < 1.29 is 0 Å². The van der Waals surface area contributed by atoms with E-state index in [1.54, 1.807) is 6.20 Å². The molecule has 0 fully saturated rings. The van der Waals surface area contributed by atoms with Gasteiger partial charge in [-0.15, -0.1) is 0 Å². The van der Waals surface area contributed by atoms with Gasteiger partial charge in [0.15, 0.2) is 0 Å². The Morgan fingerprint density at radius 1 is 1.18 bits per heavy atom. The van der Waals surface area contributed by atoms with Crippen molar-refractivity contribution in [1.29, 1.82) is 0 Å². The summed E-state index contributed by atoms with van der Waals surface area (Å²) >= 11 is 0. The third-order valence-electron chi connectivity index (χ3n) is 3.88. The van der Waals surface area contributed by atoms with Gasteiger partial charge in [0.25, 0.3) is 0 Å². The molecule has 2 heterocycles. The predicted molar refractivity (Wildman–Crippen MR) is 87.0 cm³/mol. The van der Waals surface area contributed by atoms with Crippen molar-refractivity contribution in [3.8, 4) is 5.69 Å². The van der Waals surface area contributed by atoms with Crippen LogP contribution in [0.3, 0.4) is 0 Å². The first-order chi connectivity index (χ1) is 10.7. The van der Waals surface area contributed by atoms with Crippen molar-refractivity contribution in [3.63, 3.8) is 0 Å². The quantitative estimate of drug-likeness (QED) is 0.687. The summed E-state index contributed by atoms with van der Waals surface area (Å²) < 4.78 is 1.87. The average Bonchev–Trinajstić information content (AvgIpc) is 3.17. The molecule has 0 aliphatic carbocycles.